The minimum absolute atomic E-state index is 0.0133. The zero-order valence-electron chi connectivity index (χ0n) is 12.8. The molecule has 2 aliphatic heterocycles. The first-order valence-electron chi connectivity index (χ1n) is 7.81. The molecule has 2 amide bonds. The number of carboxylic acids is 1. The highest BCUT2D eigenvalue weighted by molar-refractivity contribution is 8.03. The van der Waals surface area contributed by atoms with Gasteiger partial charge in [0.2, 0.25) is 0 Å². The van der Waals surface area contributed by atoms with Gasteiger partial charge in [0.05, 0.1) is 12.1 Å². The Bertz CT molecular complexity index is 618. The number of carbonyl (C=O) groups excluding carboxylic acids is 1. The summed E-state index contributed by atoms with van der Waals surface area (Å²) in [5.74, 6) is 0.121. The number of nitrogens with zero attached hydrogens (tertiary/aromatic N) is 1. The summed E-state index contributed by atoms with van der Waals surface area (Å²) >= 11 is 1.77. The van der Waals surface area contributed by atoms with Crippen molar-refractivity contribution in [2.75, 3.05) is 5.75 Å². The summed E-state index contributed by atoms with van der Waals surface area (Å²) < 4.78 is 0. The van der Waals surface area contributed by atoms with Crippen LogP contribution in [-0.4, -0.2) is 39.8 Å². The highest BCUT2D eigenvalue weighted by Gasteiger charge is 2.45. The van der Waals surface area contributed by atoms with E-state index in [9.17, 15) is 9.59 Å². The van der Waals surface area contributed by atoms with E-state index in [0.29, 0.717) is 13.0 Å². The average Bonchev–Trinajstić information content (AvgIpc) is 3.05. The molecule has 0 bridgehead atoms. The van der Waals surface area contributed by atoms with Crippen LogP contribution < -0.4 is 5.32 Å². The lowest BCUT2D eigenvalue weighted by Gasteiger charge is -2.23. The summed E-state index contributed by atoms with van der Waals surface area (Å²) in [5, 5.41) is 11.8. The zero-order valence-corrected chi connectivity index (χ0v) is 13.6. The Morgan fingerprint density at radius 2 is 2.17 bits per heavy atom. The quantitative estimate of drug-likeness (QED) is 0.621. The average molecular weight is 332 g/mol. The van der Waals surface area contributed by atoms with E-state index in [2.05, 4.69) is 11.4 Å². The Morgan fingerprint density at radius 3 is 2.91 bits per heavy atom. The molecule has 0 saturated carbocycles. The van der Waals surface area contributed by atoms with Crippen molar-refractivity contribution in [3.63, 3.8) is 0 Å². The maximum absolute atomic E-state index is 12.3. The number of hydrogen-bond acceptors (Lipinski definition) is 3. The second-order valence-electron chi connectivity index (χ2n) is 5.82. The molecule has 1 aromatic rings. The second-order valence-corrected chi connectivity index (χ2v) is 6.91. The number of urea groups is 1. The largest absolute Gasteiger partial charge is 0.481 e. The van der Waals surface area contributed by atoms with E-state index in [4.69, 9.17) is 5.11 Å². The maximum atomic E-state index is 12.3. The van der Waals surface area contributed by atoms with Crippen molar-refractivity contribution in [1.29, 1.82) is 0 Å². The van der Waals surface area contributed by atoms with Gasteiger partial charge in [-0.1, -0.05) is 36.4 Å². The third kappa shape index (κ3) is 3.69. The Morgan fingerprint density at radius 1 is 1.39 bits per heavy atom. The molecule has 0 spiro atoms. The van der Waals surface area contributed by atoms with Crippen LogP contribution in [-0.2, 0) is 11.3 Å². The molecule has 2 fully saturated rings. The van der Waals surface area contributed by atoms with Crippen LogP contribution in [0.1, 0.15) is 24.8 Å². The monoisotopic (exact) mass is 332 g/mol. The predicted molar refractivity (Wildman–Crippen MR) is 90.1 cm³/mol. The SMILES string of the molecule is O=C(O)CCCC=C1SC[C@@H]2NC(=O)N(Cc3ccccc3)[C@H]12. The number of aliphatic carboxylic acids is 1. The van der Waals surface area contributed by atoms with Crippen LogP contribution in [0, 0.1) is 0 Å². The standard InChI is InChI=1S/C17H20N2O3S/c20-15(21)9-5-4-8-14-16-13(11-23-14)18-17(22)19(16)10-12-6-2-1-3-7-12/h1-3,6-8,13,16H,4-5,9-11H2,(H,18,22)(H,20,21)/t13-,16-/m0/s1. The van der Waals surface area contributed by atoms with Gasteiger partial charge in [0, 0.05) is 23.6 Å². The van der Waals surface area contributed by atoms with Crippen LogP contribution in [0.25, 0.3) is 0 Å². The minimum atomic E-state index is -0.760. The Hall–Kier alpha value is -1.95. The summed E-state index contributed by atoms with van der Waals surface area (Å²) in [6, 6.07) is 10.2. The molecule has 0 radical (unpaired) electrons. The zero-order chi connectivity index (χ0) is 16.2. The smallest absolute Gasteiger partial charge is 0.318 e. The Kier molecular flexibility index (Phi) is 4.91. The number of fused-ring (bicyclic) bond motifs is 1. The third-order valence-electron chi connectivity index (χ3n) is 4.14. The van der Waals surface area contributed by atoms with E-state index >= 15 is 0 Å². The van der Waals surface area contributed by atoms with Crippen molar-refractivity contribution >= 4 is 23.8 Å². The number of carbonyl (C=O) groups is 2. The Labute approximate surface area is 139 Å². The number of hydrogen-bond donors (Lipinski definition) is 2. The highest BCUT2D eigenvalue weighted by atomic mass is 32.2. The van der Waals surface area contributed by atoms with Gasteiger partial charge in [-0.2, -0.15) is 0 Å². The first-order chi connectivity index (χ1) is 11.1. The maximum Gasteiger partial charge on any atom is 0.318 e. The van der Waals surface area contributed by atoms with Crippen molar-refractivity contribution < 1.29 is 14.7 Å². The van der Waals surface area contributed by atoms with Gasteiger partial charge in [0.1, 0.15) is 0 Å². The van der Waals surface area contributed by atoms with Gasteiger partial charge >= 0.3 is 12.0 Å². The number of allylic oxidation sites excluding steroid dienone is 1. The number of benzene rings is 1. The molecule has 0 aliphatic carbocycles. The van der Waals surface area contributed by atoms with Gasteiger partial charge in [0.25, 0.3) is 0 Å². The van der Waals surface area contributed by atoms with Crippen LogP contribution in [0.2, 0.25) is 0 Å². The molecule has 6 heteroatoms. The molecule has 23 heavy (non-hydrogen) atoms. The van der Waals surface area contributed by atoms with Gasteiger partial charge in [-0.05, 0) is 18.4 Å². The van der Waals surface area contributed by atoms with Crippen molar-refractivity contribution in [1.82, 2.24) is 10.2 Å². The summed E-state index contributed by atoms with van der Waals surface area (Å²) in [5.41, 5.74) is 1.12. The first kappa shape index (κ1) is 15.9. The van der Waals surface area contributed by atoms with Crippen LogP contribution in [0.4, 0.5) is 4.79 Å². The number of unbranched alkanes of at least 4 members (excludes halogenated alkanes) is 1. The molecular formula is C17H20N2O3S. The molecule has 2 saturated heterocycles. The fourth-order valence-corrected chi connectivity index (χ4v) is 4.38. The highest BCUT2D eigenvalue weighted by Crippen LogP contribution is 2.39. The molecule has 1 aromatic carbocycles. The van der Waals surface area contributed by atoms with Crippen molar-refractivity contribution in [2.24, 2.45) is 0 Å². The van der Waals surface area contributed by atoms with Crippen LogP contribution in [0.15, 0.2) is 41.3 Å². The van der Waals surface area contributed by atoms with E-state index in [1.54, 1.807) is 11.8 Å². The number of thioether (sulfide) groups is 1. The van der Waals surface area contributed by atoms with Crippen LogP contribution in [0.5, 0.6) is 0 Å². The molecule has 0 unspecified atom stereocenters. The summed E-state index contributed by atoms with van der Waals surface area (Å²) in [6.45, 7) is 0.598. The molecule has 122 valence electrons. The normalized spacial score (nSPS) is 24.8. The lowest BCUT2D eigenvalue weighted by molar-refractivity contribution is -0.137. The summed E-state index contributed by atoms with van der Waals surface area (Å²) in [7, 11) is 0. The van der Waals surface area contributed by atoms with Crippen LogP contribution in [0.3, 0.4) is 0 Å². The molecule has 2 aliphatic rings. The minimum Gasteiger partial charge on any atom is -0.481 e. The van der Waals surface area contributed by atoms with E-state index < -0.39 is 5.97 Å². The van der Waals surface area contributed by atoms with Gasteiger partial charge in [-0.15, -0.1) is 11.8 Å². The van der Waals surface area contributed by atoms with Gasteiger partial charge in [-0.3, -0.25) is 4.79 Å². The first-order valence-corrected chi connectivity index (χ1v) is 8.79. The number of amides is 2. The summed E-state index contributed by atoms with van der Waals surface area (Å²) in [4.78, 5) is 25.9. The number of carboxylic acid groups (broad SMARTS) is 1. The predicted octanol–water partition coefficient (Wildman–Crippen LogP) is 2.83. The number of nitrogens with one attached hydrogen (secondary N) is 1. The fourth-order valence-electron chi connectivity index (χ4n) is 3.05. The summed E-state index contributed by atoms with van der Waals surface area (Å²) in [6.07, 6.45) is 3.67. The molecule has 2 heterocycles. The molecule has 5 nitrogen and oxygen atoms in total. The Balaban J connectivity index is 1.68. The van der Waals surface area contributed by atoms with Gasteiger partial charge in [-0.25, -0.2) is 4.79 Å². The molecule has 3 rings (SSSR count). The van der Waals surface area contributed by atoms with Crippen molar-refractivity contribution in [3.05, 3.63) is 46.9 Å². The van der Waals surface area contributed by atoms with Gasteiger partial charge in [0.15, 0.2) is 0 Å². The lowest BCUT2D eigenvalue weighted by Crippen LogP contribution is -2.34. The van der Waals surface area contributed by atoms with Crippen molar-refractivity contribution in [2.45, 2.75) is 37.9 Å². The van der Waals surface area contributed by atoms with E-state index in [1.165, 1.54) is 4.91 Å². The second kappa shape index (κ2) is 7.08. The fraction of sp³-hybridized carbons (Fsp3) is 0.412. The van der Waals surface area contributed by atoms with Crippen LogP contribution >= 0.6 is 11.8 Å². The molecule has 2 N–H and O–H groups in total. The lowest BCUT2D eigenvalue weighted by atomic mass is 10.1. The van der Waals surface area contributed by atoms with E-state index in [0.717, 1.165) is 17.7 Å². The molecule has 2 atom stereocenters. The van der Waals surface area contributed by atoms with Crippen molar-refractivity contribution in [3.8, 4) is 0 Å². The third-order valence-corrected chi connectivity index (χ3v) is 5.41. The van der Waals surface area contributed by atoms with Gasteiger partial charge < -0.3 is 15.3 Å². The molecule has 0 aromatic heterocycles. The number of rotatable bonds is 6. The topological polar surface area (TPSA) is 69.6 Å². The van der Waals surface area contributed by atoms with E-state index in [1.807, 2.05) is 35.2 Å². The molecular weight excluding hydrogens is 312 g/mol. The van der Waals surface area contributed by atoms with E-state index in [-0.39, 0.29) is 24.5 Å².